The maximum atomic E-state index is 12.3. The van der Waals surface area contributed by atoms with Crippen LogP contribution in [0.4, 0.5) is 11.4 Å². The molecule has 0 spiro atoms. The van der Waals surface area contributed by atoms with Gasteiger partial charge in [-0.1, -0.05) is 18.2 Å². The summed E-state index contributed by atoms with van der Waals surface area (Å²) >= 11 is 0. The maximum Gasteiger partial charge on any atom is 0.273 e. The van der Waals surface area contributed by atoms with E-state index in [9.17, 15) is 4.79 Å². The molecule has 0 saturated carbocycles. The van der Waals surface area contributed by atoms with Crippen LogP contribution in [0, 0.1) is 13.8 Å². The molecule has 0 fully saturated rings. The van der Waals surface area contributed by atoms with Crippen molar-refractivity contribution in [1.82, 2.24) is 14.8 Å². The van der Waals surface area contributed by atoms with Gasteiger partial charge in [0.15, 0.2) is 0 Å². The van der Waals surface area contributed by atoms with E-state index in [1.54, 1.807) is 24.0 Å². The first-order valence-corrected chi connectivity index (χ1v) is 8.10. The summed E-state index contributed by atoms with van der Waals surface area (Å²) < 4.78 is 1.54. The Morgan fingerprint density at radius 3 is 2.56 bits per heavy atom. The second-order valence-electron chi connectivity index (χ2n) is 5.90. The van der Waals surface area contributed by atoms with E-state index >= 15 is 0 Å². The monoisotopic (exact) mass is 335 g/mol. The van der Waals surface area contributed by atoms with Crippen LogP contribution in [0.15, 0.2) is 48.7 Å². The van der Waals surface area contributed by atoms with Gasteiger partial charge in [-0.15, -0.1) is 0 Å². The molecule has 3 rings (SSSR count). The summed E-state index contributed by atoms with van der Waals surface area (Å²) in [5.41, 5.74) is 5.18. The summed E-state index contributed by atoms with van der Waals surface area (Å²) in [5, 5.41) is 10.3. The zero-order valence-electron chi connectivity index (χ0n) is 14.6. The Balaban J connectivity index is 1.68. The van der Waals surface area contributed by atoms with Crippen molar-refractivity contribution in [1.29, 1.82) is 0 Å². The second kappa shape index (κ2) is 7.17. The van der Waals surface area contributed by atoms with Crippen LogP contribution in [0.5, 0.6) is 0 Å². The molecule has 0 atom stereocenters. The largest absolute Gasteiger partial charge is 0.379 e. The number of nitrogens with zero attached hydrogens (tertiary/aromatic N) is 3. The summed E-state index contributed by atoms with van der Waals surface area (Å²) in [6, 6.07) is 13.6. The molecular weight excluding hydrogens is 314 g/mol. The summed E-state index contributed by atoms with van der Waals surface area (Å²) in [6.07, 6.45) is 1.60. The van der Waals surface area contributed by atoms with Gasteiger partial charge in [-0.3, -0.25) is 14.5 Å². The lowest BCUT2D eigenvalue weighted by atomic mass is 10.2. The van der Waals surface area contributed by atoms with Crippen LogP contribution in [-0.4, -0.2) is 20.7 Å². The Hall–Kier alpha value is -3.15. The minimum Gasteiger partial charge on any atom is -0.379 e. The van der Waals surface area contributed by atoms with Gasteiger partial charge in [0.05, 0.1) is 23.6 Å². The number of para-hydroxylation sites is 1. The van der Waals surface area contributed by atoms with Gasteiger partial charge >= 0.3 is 0 Å². The fourth-order valence-corrected chi connectivity index (χ4v) is 2.58. The normalized spacial score (nSPS) is 10.5. The highest BCUT2D eigenvalue weighted by molar-refractivity contribution is 6.03. The Kier molecular flexibility index (Phi) is 4.79. The van der Waals surface area contributed by atoms with Crippen molar-refractivity contribution in [2.75, 3.05) is 10.6 Å². The van der Waals surface area contributed by atoms with Crippen LogP contribution in [0.3, 0.4) is 0 Å². The Morgan fingerprint density at radius 2 is 1.88 bits per heavy atom. The minimum atomic E-state index is -0.198. The van der Waals surface area contributed by atoms with Crippen molar-refractivity contribution in [2.45, 2.75) is 20.4 Å². The van der Waals surface area contributed by atoms with Gasteiger partial charge in [0.2, 0.25) is 0 Å². The van der Waals surface area contributed by atoms with E-state index in [1.807, 2.05) is 37.3 Å². The smallest absolute Gasteiger partial charge is 0.273 e. The topological polar surface area (TPSA) is 71.8 Å². The lowest BCUT2D eigenvalue weighted by molar-refractivity contribution is 0.101. The number of carbonyl (C=O) groups is 1. The minimum absolute atomic E-state index is 0.198. The Morgan fingerprint density at radius 1 is 1.08 bits per heavy atom. The number of benzene rings is 1. The number of hydrogen-bond donors (Lipinski definition) is 2. The summed E-state index contributed by atoms with van der Waals surface area (Å²) in [6.45, 7) is 4.58. The molecule has 6 heteroatoms. The number of aryl methyl sites for hydroxylation is 3. The molecule has 6 nitrogen and oxygen atoms in total. The van der Waals surface area contributed by atoms with Crippen LogP contribution in [0.1, 0.15) is 27.4 Å². The van der Waals surface area contributed by atoms with Crippen LogP contribution >= 0.6 is 0 Å². The van der Waals surface area contributed by atoms with Crippen LogP contribution < -0.4 is 10.6 Å². The molecule has 2 N–H and O–H groups in total. The van der Waals surface area contributed by atoms with Crippen molar-refractivity contribution in [3.8, 4) is 0 Å². The molecule has 2 aromatic heterocycles. The summed E-state index contributed by atoms with van der Waals surface area (Å²) in [7, 11) is 1.74. The van der Waals surface area contributed by atoms with Gasteiger partial charge in [0.25, 0.3) is 5.91 Å². The molecule has 0 radical (unpaired) electrons. The van der Waals surface area contributed by atoms with E-state index in [1.165, 1.54) is 5.56 Å². The van der Waals surface area contributed by atoms with E-state index in [4.69, 9.17) is 0 Å². The average Bonchev–Trinajstić information content (AvgIpc) is 3.02. The summed E-state index contributed by atoms with van der Waals surface area (Å²) in [4.78, 5) is 16.8. The SMILES string of the molecule is Cc1ccccc1NCc1ccc(NC(=O)c2ccnn2C)c(C)n1. The molecule has 1 amide bonds. The predicted molar refractivity (Wildman–Crippen MR) is 98.6 cm³/mol. The van der Waals surface area contributed by atoms with Crippen molar-refractivity contribution in [2.24, 2.45) is 7.05 Å². The molecule has 1 aromatic carbocycles. The van der Waals surface area contributed by atoms with Crippen molar-refractivity contribution >= 4 is 17.3 Å². The van der Waals surface area contributed by atoms with Crippen molar-refractivity contribution < 1.29 is 4.79 Å². The van der Waals surface area contributed by atoms with Crippen LogP contribution in [0.25, 0.3) is 0 Å². The first-order valence-electron chi connectivity index (χ1n) is 8.10. The van der Waals surface area contributed by atoms with Crippen LogP contribution in [-0.2, 0) is 13.6 Å². The van der Waals surface area contributed by atoms with Crippen LogP contribution in [0.2, 0.25) is 0 Å². The highest BCUT2D eigenvalue weighted by atomic mass is 16.2. The van der Waals surface area contributed by atoms with E-state index in [0.717, 1.165) is 17.1 Å². The molecule has 25 heavy (non-hydrogen) atoms. The molecular formula is C19H21N5O. The molecule has 128 valence electrons. The standard InChI is InChI=1S/C19H21N5O/c1-13-6-4-5-7-16(13)20-12-15-8-9-17(14(2)22-15)23-19(25)18-10-11-21-24(18)3/h4-11,20H,12H2,1-3H3,(H,23,25). The number of rotatable bonds is 5. The third kappa shape index (κ3) is 3.85. The van der Waals surface area contributed by atoms with Gasteiger partial charge in [0, 0.05) is 18.9 Å². The summed E-state index contributed by atoms with van der Waals surface area (Å²) in [5.74, 6) is -0.198. The fourth-order valence-electron chi connectivity index (χ4n) is 2.58. The van der Waals surface area contributed by atoms with Gasteiger partial charge in [0.1, 0.15) is 5.69 Å². The van der Waals surface area contributed by atoms with Crippen molar-refractivity contribution in [3.05, 3.63) is 71.3 Å². The molecule has 0 aliphatic carbocycles. The highest BCUT2D eigenvalue weighted by Crippen LogP contribution is 2.17. The molecule has 0 saturated heterocycles. The van der Waals surface area contributed by atoms with E-state index in [0.29, 0.717) is 17.9 Å². The number of pyridine rings is 1. The average molecular weight is 335 g/mol. The van der Waals surface area contributed by atoms with E-state index in [2.05, 4.69) is 33.7 Å². The van der Waals surface area contributed by atoms with Gasteiger partial charge in [-0.05, 0) is 43.7 Å². The molecule has 0 aliphatic rings. The fraction of sp³-hybridized carbons (Fsp3) is 0.211. The lowest BCUT2D eigenvalue weighted by Crippen LogP contribution is -2.17. The number of anilines is 2. The van der Waals surface area contributed by atoms with Gasteiger partial charge in [-0.25, -0.2) is 0 Å². The zero-order valence-corrected chi connectivity index (χ0v) is 14.6. The Bertz CT molecular complexity index is 900. The molecule has 0 aliphatic heterocycles. The maximum absolute atomic E-state index is 12.3. The first kappa shape index (κ1) is 16.7. The number of nitrogens with one attached hydrogen (secondary N) is 2. The van der Waals surface area contributed by atoms with Crippen molar-refractivity contribution in [3.63, 3.8) is 0 Å². The number of hydrogen-bond acceptors (Lipinski definition) is 4. The third-order valence-corrected chi connectivity index (χ3v) is 4.05. The first-order chi connectivity index (χ1) is 12.0. The molecule has 3 aromatic rings. The lowest BCUT2D eigenvalue weighted by Gasteiger charge is -2.12. The highest BCUT2D eigenvalue weighted by Gasteiger charge is 2.12. The van der Waals surface area contributed by atoms with Gasteiger partial charge < -0.3 is 10.6 Å². The number of amides is 1. The quantitative estimate of drug-likeness (QED) is 0.750. The molecule has 0 unspecified atom stereocenters. The molecule has 0 bridgehead atoms. The number of carbonyl (C=O) groups excluding carboxylic acids is 1. The Labute approximate surface area is 146 Å². The van der Waals surface area contributed by atoms with Gasteiger partial charge in [-0.2, -0.15) is 5.10 Å². The van der Waals surface area contributed by atoms with E-state index in [-0.39, 0.29) is 5.91 Å². The predicted octanol–water partition coefficient (Wildman–Crippen LogP) is 3.30. The zero-order chi connectivity index (χ0) is 17.8. The molecule has 2 heterocycles. The van der Waals surface area contributed by atoms with E-state index < -0.39 is 0 Å². The second-order valence-corrected chi connectivity index (χ2v) is 5.90. The number of aromatic nitrogens is 3. The third-order valence-electron chi connectivity index (χ3n) is 4.05.